The first-order valence-electron chi connectivity index (χ1n) is 8.77. The highest BCUT2D eigenvalue weighted by Gasteiger charge is 2.31. The average Bonchev–Trinajstić information content (AvgIpc) is 3.50. The molecule has 1 atom stereocenters. The quantitative estimate of drug-likeness (QED) is 0.797. The van der Waals surface area contributed by atoms with Gasteiger partial charge in [0.15, 0.2) is 11.5 Å². The molecule has 0 saturated heterocycles. The molecule has 0 spiro atoms. The Labute approximate surface area is 161 Å². The number of halogens is 1. The van der Waals surface area contributed by atoms with E-state index >= 15 is 0 Å². The van der Waals surface area contributed by atoms with E-state index in [2.05, 4.69) is 5.32 Å². The number of carbonyl (C=O) groups is 2. The van der Waals surface area contributed by atoms with Crippen LogP contribution in [-0.4, -0.2) is 31.1 Å². The molecule has 1 N–H and O–H groups in total. The van der Waals surface area contributed by atoms with E-state index < -0.39 is 12.1 Å². The van der Waals surface area contributed by atoms with E-state index in [4.69, 9.17) is 25.8 Å². The fourth-order valence-electron chi connectivity index (χ4n) is 2.81. The second-order valence-corrected chi connectivity index (χ2v) is 6.87. The van der Waals surface area contributed by atoms with Gasteiger partial charge in [0.05, 0.1) is 10.6 Å². The molecule has 1 amide bonds. The smallest absolute Gasteiger partial charge is 0.339 e. The number of esters is 1. The van der Waals surface area contributed by atoms with E-state index in [9.17, 15) is 9.59 Å². The third kappa shape index (κ3) is 4.01. The van der Waals surface area contributed by atoms with Crippen molar-refractivity contribution in [2.75, 3.05) is 13.2 Å². The van der Waals surface area contributed by atoms with Crippen LogP contribution in [0.4, 0.5) is 0 Å². The lowest BCUT2D eigenvalue weighted by molar-refractivity contribution is -0.130. The molecular weight excluding hydrogens is 370 g/mol. The van der Waals surface area contributed by atoms with Gasteiger partial charge in [0, 0.05) is 11.6 Å². The number of amides is 1. The molecule has 1 heterocycles. The summed E-state index contributed by atoms with van der Waals surface area (Å²) in [5.74, 6) is -0.195. The van der Waals surface area contributed by atoms with Crippen molar-refractivity contribution in [1.29, 1.82) is 0 Å². The third-order valence-electron chi connectivity index (χ3n) is 4.32. The maximum Gasteiger partial charge on any atom is 0.339 e. The van der Waals surface area contributed by atoms with Crippen molar-refractivity contribution in [2.24, 2.45) is 0 Å². The Hall–Kier alpha value is -2.73. The molecular formula is C20H18ClNO5. The predicted molar refractivity (Wildman–Crippen MR) is 98.2 cm³/mol. The number of nitrogens with one attached hydrogen (secondary N) is 1. The van der Waals surface area contributed by atoms with Crippen LogP contribution in [0.3, 0.4) is 0 Å². The topological polar surface area (TPSA) is 73.9 Å². The Kier molecular flexibility index (Phi) is 4.90. The van der Waals surface area contributed by atoms with E-state index in [0.717, 1.165) is 12.8 Å². The van der Waals surface area contributed by atoms with Crippen LogP contribution in [0, 0.1) is 0 Å². The standard InChI is InChI=1S/C20H18ClNO5/c21-15-10-13(11-16-18(15)26-9-8-25-16)20(24)27-17(12-4-2-1-3-5-12)19(23)22-14-6-7-14/h1-5,10-11,14,17H,6-9H2,(H,22,23)/t17-/m1/s1. The molecule has 0 radical (unpaired) electrons. The minimum absolute atomic E-state index is 0.158. The van der Waals surface area contributed by atoms with Crippen molar-refractivity contribution in [3.8, 4) is 11.5 Å². The van der Waals surface area contributed by atoms with Gasteiger partial charge in [-0.25, -0.2) is 4.79 Å². The lowest BCUT2D eigenvalue weighted by Gasteiger charge is -2.21. The monoisotopic (exact) mass is 387 g/mol. The second-order valence-electron chi connectivity index (χ2n) is 6.46. The minimum atomic E-state index is -1.04. The molecule has 1 aliphatic carbocycles. The Morgan fingerprint density at radius 3 is 2.59 bits per heavy atom. The van der Waals surface area contributed by atoms with Crippen molar-refractivity contribution < 1.29 is 23.8 Å². The molecule has 6 nitrogen and oxygen atoms in total. The minimum Gasteiger partial charge on any atom is -0.486 e. The maximum atomic E-state index is 12.7. The van der Waals surface area contributed by atoms with Gasteiger partial charge < -0.3 is 19.5 Å². The molecule has 2 aromatic rings. The number of ether oxygens (including phenoxy) is 3. The molecule has 1 fully saturated rings. The van der Waals surface area contributed by atoms with Gasteiger partial charge >= 0.3 is 5.97 Å². The summed E-state index contributed by atoms with van der Waals surface area (Å²) in [5.41, 5.74) is 0.803. The molecule has 1 saturated carbocycles. The first-order valence-corrected chi connectivity index (χ1v) is 9.15. The summed E-state index contributed by atoms with van der Waals surface area (Å²) < 4.78 is 16.5. The first kappa shape index (κ1) is 17.7. The molecule has 140 valence electrons. The molecule has 1 aliphatic heterocycles. The maximum absolute atomic E-state index is 12.7. The summed E-state index contributed by atoms with van der Waals surface area (Å²) in [5, 5.41) is 3.15. The van der Waals surface area contributed by atoms with E-state index in [1.165, 1.54) is 12.1 Å². The molecule has 2 aromatic carbocycles. The van der Waals surface area contributed by atoms with Gasteiger partial charge in [-0.1, -0.05) is 41.9 Å². The van der Waals surface area contributed by atoms with Crippen LogP contribution < -0.4 is 14.8 Å². The van der Waals surface area contributed by atoms with Gasteiger partial charge in [-0.05, 0) is 25.0 Å². The molecule has 4 rings (SSSR count). The first-order chi connectivity index (χ1) is 13.1. The molecule has 27 heavy (non-hydrogen) atoms. The van der Waals surface area contributed by atoms with Gasteiger partial charge in [-0.2, -0.15) is 0 Å². The largest absolute Gasteiger partial charge is 0.486 e. The number of hydrogen-bond acceptors (Lipinski definition) is 5. The van der Waals surface area contributed by atoms with Gasteiger partial charge in [0.1, 0.15) is 13.2 Å². The summed E-state index contributed by atoms with van der Waals surface area (Å²) >= 11 is 6.19. The molecule has 2 aliphatic rings. The lowest BCUT2D eigenvalue weighted by atomic mass is 10.1. The zero-order valence-corrected chi connectivity index (χ0v) is 15.2. The average molecular weight is 388 g/mol. The van der Waals surface area contributed by atoms with Crippen molar-refractivity contribution in [3.63, 3.8) is 0 Å². The zero-order chi connectivity index (χ0) is 18.8. The van der Waals surface area contributed by atoms with Gasteiger partial charge in [0.25, 0.3) is 5.91 Å². The Morgan fingerprint density at radius 1 is 1.11 bits per heavy atom. The van der Waals surface area contributed by atoms with Gasteiger partial charge in [0.2, 0.25) is 6.10 Å². The Morgan fingerprint density at radius 2 is 1.85 bits per heavy atom. The van der Waals surface area contributed by atoms with Crippen LogP contribution in [0.1, 0.15) is 34.9 Å². The van der Waals surface area contributed by atoms with E-state index in [1.54, 1.807) is 24.3 Å². The van der Waals surface area contributed by atoms with E-state index in [-0.39, 0.29) is 22.5 Å². The van der Waals surface area contributed by atoms with Crippen LogP contribution in [0.25, 0.3) is 0 Å². The summed E-state index contributed by atoms with van der Waals surface area (Å²) in [4.78, 5) is 25.3. The predicted octanol–water partition coefficient (Wildman–Crippen LogP) is 3.29. The SMILES string of the molecule is O=C(O[C@@H](C(=O)NC1CC1)c1ccccc1)c1cc(Cl)c2c(c1)OCCO2. The highest BCUT2D eigenvalue weighted by atomic mass is 35.5. The van der Waals surface area contributed by atoms with Crippen LogP contribution in [0.2, 0.25) is 5.02 Å². The zero-order valence-electron chi connectivity index (χ0n) is 14.4. The number of hydrogen-bond donors (Lipinski definition) is 1. The number of benzene rings is 2. The fourth-order valence-corrected chi connectivity index (χ4v) is 3.07. The van der Waals surface area contributed by atoms with Crippen LogP contribution >= 0.6 is 11.6 Å². The highest BCUT2D eigenvalue weighted by molar-refractivity contribution is 6.32. The molecule has 0 aromatic heterocycles. The number of rotatable bonds is 5. The molecule has 0 bridgehead atoms. The van der Waals surface area contributed by atoms with E-state index in [1.807, 2.05) is 6.07 Å². The Balaban J connectivity index is 1.58. The summed E-state index contributed by atoms with van der Waals surface area (Å²) in [6.45, 7) is 0.770. The number of carbonyl (C=O) groups excluding carboxylic acids is 2. The highest BCUT2D eigenvalue weighted by Crippen LogP contribution is 2.38. The number of fused-ring (bicyclic) bond motifs is 1. The third-order valence-corrected chi connectivity index (χ3v) is 4.60. The summed E-state index contributed by atoms with van der Waals surface area (Å²) in [6, 6.07) is 12.1. The van der Waals surface area contributed by atoms with E-state index in [0.29, 0.717) is 30.3 Å². The summed E-state index contributed by atoms with van der Waals surface area (Å²) in [6.07, 6.45) is 0.851. The Bertz CT molecular complexity index is 866. The fraction of sp³-hybridized carbons (Fsp3) is 0.300. The van der Waals surface area contributed by atoms with Crippen LogP contribution in [-0.2, 0) is 9.53 Å². The molecule has 0 unspecified atom stereocenters. The second kappa shape index (κ2) is 7.48. The summed E-state index contributed by atoms with van der Waals surface area (Å²) in [7, 11) is 0. The van der Waals surface area contributed by atoms with Crippen molar-refractivity contribution >= 4 is 23.5 Å². The van der Waals surface area contributed by atoms with Crippen molar-refractivity contribution in [1.82, 2.24) is 5.32 Å². The molecule has 7 heteroatoms. The van der Waals surface area contributed by atoms with Crippen molar-refractivity contribution in [2.45, 2.75) is 25.0 Å². The normalized spacial score (nSPS) is 16.3. The lowest BCUT2D eigenvalue weighted by Crippen LogP contribution is -2.33. The van der Waals surface area contributed by atoms with Gasteiger partial charge in [-0.3, -0.25) is 4.79 Å². The van der Waals surface area contributed by atoms with Crippen LogP contribution in [0.15, 0.2) is 42.5 Å². The van der Waals surface area contributed by atoms with Gasteiger partial charge in [-0.15, -0.1) is 0 Å². The van der Waals surface area contributed by atoms with Crippen LogP contribution in [0.5, 0.6) is 11.5 Å². The van der Waals surface area contributed by atoms with Crippen molar-refractivity contribution in [3.05, 3.63) is 58.6 Å².